The second-order valence-corrected chi connectivity index (χ2v) is 9.83. The van der Waals surface area contributed by atoms with Gasteiger partial charge in [-0.05, 0) is 72.8 Å². The molecule has 6 rings (SSSR count). The molecule has 4 amide bonds. The molecule has 0 saturated heterocycles. The molecular weight excluding hydrogens is 534 g/mol. The molecule has 208 valence electrons. The van der Waals surface area contributed by atoms with Crippen molar-refractivity contribution in [2.45, 2.75) is 0 Å². The smallest absolute Gasteiger partial charge is 0.261 e. The van der Waals surface area contributed by atoms with Gasteiger partial charge in [0.05, 0.1) is 33.6 Å². The number of benzene rings is 4. The maximum atomic E-state index is 12.9. The summed E-state index contributed by atoms with van der Waals surface area (Å²) in [4.78, 5) is 56.1. The molecule has 4 aromatic rings. The average Bonchev–Trinajstić information content (AvgIpc) is 3.41. The number of phenolic OH excluding ortho intramolecular Hbond substituents is 1. The Morgan fingerprint density at radius 3 is 1.26 bits per heavy atom. The number of carbonyl (C=O) groups is 4. The number of carbonyl (C=O) groups excluding carboxylic acids is 4. The van der Waals surface area contributed by atoms with Gasteiger partial charge in [0, 0.05) is 31.9 Å². The molecule has 2 aliphatic rings. The van der Waals surface area contributed by atoms with Crippen molar-refractivity contribution in [1.82, 2.24) is 9.80 Å². The van der Waals surface area contributed by atoms with Gasteiger partial charge in [0.2, 0.25) is 0 Å². The number of hydrogen-bond acceptors (Lipinski definition) is 8. The number of fused-ring (bicyclic) bond motifs is 2. The quantitative estimate of drug-likeness (QED) is 0.222. The van der Waals surface area contributed by atoms with Gasteiger partial charge in [0.25, 0.3) is 23.6 Å². The van der Waals surface area contributed by atoms with Crippen molar-refractivity contribution in [3.05, 3.63) is 119 Å². The molecule has 0 unspecified atom stereocenters. The van der Waals surface area contributed by atoms with E-state index >= 15 is 0 Å². The number of aromatic hydroxyl groups is 1. The first-order valence-electron chi connectivity index (χ1n) is 13.4. The van der Waals surface area contributed by atoms with Crippen LogP contribution < -0.4 is 4.90 Å². The molecule has 42 heavy (non-hydrogen) atoms. The third-order valence-electron chi connectivity index (χ3n) is 7.29. The van der Waals surface area contributed by atoms with Crippen LogP contribution in [0.15, 0.2) is 107 Å². The second kappa shape index (κ2) is 11.1. The van der Waals surface area contributed by atoms with Crippen LogP contribution in [0.5, 0.6) is 5.75 Å². The minimum Gasteiger partial charge on any atom is -0.508 e. The van der Waals surface area contributed by atoms with E-state index in [9.17, 15) is 24.3 Å². The fraction of sp³-hybridized carbons (Fsp3) is 0.125. The number of rotatable bonds is 9. The molecule has 0 fully saturated rings. The summed E-state index contributed by atoms with van der Waals surface area (Å²) < 4.78 is 0. The van der Waals surface area contributed by atoms with Crippen LogP contribution in [0.4, 0.5) is 17.1 Å². The van der Waals surface area contributed by atoms with Crippen LogP contribution in [0.25, 0.3) is 0 Å². The SMILES string of the molecule is O=C1c2ccccc2C(=O)N1CCN(CCN1C(=O)c2ccccc2C1=O)c1ccc(N=Nc2ccc(O)cc2)cc1. The lowest BCUT2D eigenvalue weighted by Crippen LogP contribution is -2.42. The van der Waals surface area contributed by atoms with E-state index in [1.807, 2.05) is 17.0 Å². The number of phenols is 1. The molecule has 10 heteroatoms. The molecule has 0 spiro atoms. The normalized spacial score (nSPS) is 14.2. The maximum Gasteiger partial charge on any atom is 0.261 e. The molecule has 2 aliphatic heterocycles. The molecule has 10 nitrogen and oxygen atoms in total. The summed E-state index contributed by atoms with van der Waals surface area (Å²) in [6.45, 7) is 0.805. The fourth-order valence-corrected chi connectivity index (χ4v) is 5.06. The van der Waals surface area contributed by atoms with E-state index in [2.05, 4.69) is 10.2 Å². The molecule has 0 aliphatic carbocycles. The number of azo groups is 1. The zero-order valence-electron chi connectivity index (χ0n) is 22.4. The summed E-state index contributed by atoms with van der Waals surface area (Å²) in [5.41, 5.74) is 3.44. The van der Waals surface area contributed by atoms with Gasteiger partial charge in [-0.3, -0.25) is 29.0 Å². The van der Waals surface area contributed by atoms with Crippen molar-refractivity contribution >= 4 is 40.7 Å². The van der Waals surface area contributed by atoms with Gasteiger partial charge in [0.15, 0.2) is 0 Å². The van der Waals surface area contributed by atoms with Crippen molar-refractivity contribution < 1.29 is 24.3 Å². The van der Waals surface area contributed by atoms with Crippen molar-refractivity contribution in [3.63, 3.8) is 0 Å². The third-order valence-corrected chi connectivity index (χ3v) is 7.29. The predicted octanol–water partition coefficient (Wildman–Crippen LogP) is 5.21. The monoisotopic (exact) mass is 559 g/mol. The van der Waals surface area contributed by atoms with Crippen LogP contribution in [-0.4, -0.2) is 64.7 Å². The van der Waals surface area contributed by atoms with E-state index < -0.39 is 0 Å². The number of amides is 4. The van der Waals surface area contributed by atoms with E-state index in [4.69, 9.17) is 0 Å². The van der Waals surface area contributed by atoms with Crippen molar-refractivity contribution in [2.75, 3.05) is 31.1 Å². The molecule has 1 N–H and O–H groups in total. The Morgan fingerprint density at radius 1 is 0.524 bits per heavy atom. The van der Waals surface area contributed by atoms with Crippen LogP contribution in [-0.2, 0) is 0 Å². The zero-order chi connectivity index (χ0) is 29.2. The van der Waals surface area contributed by atoms with Gasteiger partial charge < -0.3 is 10.0 Å². The van der Waals surface area contributed by atoms with Crippen LogP contribution in [0.3, 0.4) is 0 Å². The van der Waals surface area contributed by atoms with E-state index in [-0.39, 0.29) is 55.6 Å². The number of hydrogen-bond donors (Lipinski definition) is 1. The Hall–Kier alpha value is -5.64. The Labute approximate surface area is 241 Å². The molecule has 4 aromatic carbocycles. The summed E-state index contributed by atoms with van der Waals surface area (Å²) in [6, 6.07) is 27.0. The maximum absolute atomic E-state index is 12.9. The summed E-state index contributed by atoms with van der Waals surface area (Å²) in [5.74, 6) is -1.25. The fourth-order valence-electron chi connectivity index (χ4n) is 5.06. The number of imide groups is 2. The first-order valence-corrected chi connectivity index (χ1v) is 13.4. The number of anilines is 1. The first kappa shape index (κ1) is 26.6. The summed E-state index contributed by atoms with van der Waals surface area (Å²) >= 11 is 0. The number of nitrogens with zero attached hydrogens (tertiary/aromatic N) is 5. The first-order chi connectivity index (χ1) is 20.4. The standard InChI is InChI=1S/C32H25N5O5/c38-24-15-11-22(12-16-24)34-33-21-9-13-23(14-10-21)35(17-19-36-29(39)25-5-1-2-6-26(25)30(36)40)18-20-37-31(41)27-7-3-4-8-28(27)32(37)42/h1-16,38H,17-20H2. The van der Waals surface area contributed by atoms with Crippen LogP contribution in [0, 0.1) is 0 Å². The second-order valence-electron chi connectivity index (χ2n) is 9.83. The van der Waals surface area contributed by atoms with Crippen LogP contribution >= 0.6 is 0 Å². The highest BCUT2D eigenvalue weighted by Gasteiger charge is 2.36. The largest absolute Gasteiger partial charge is 0.508 e. The highest BCUT2D eigenvalue weighted by molar-refractivity contribution is 6.22. The van der Waals surface area contributed by atoms with Crippen LogP contribution in [0.1, 0.15) is 41.4 Å². The van der Waals surface area contributed by atoms with E-state index in [1.54, 1.807) is 72.8 Å². The van der Waals surface area contributed by atoms with E-state index in [1.165, 1.54) is 21.9 Å². The Kier molecular flexibility index (Phi) is 7.02. The lowest BCUT2D eigenvalue weighted by molar-refractivity contribution is 0.0650. The van der Waals surface area contributed by atoms with Crippen molar-refractivity contribution in [2.24, 2.45) is 10.2 Å². The molecule has 0 atom stereocenters. The lowest BCUT2D eigenvalue weighted by atomic mass is 10.1. The van der Waals surface area contributed by atoms with E-state index in [0.717, 1.165) is 5.69 Å². The third kappa shape index (κ3) is 5.01. The highest BCUT2D eigenvalue weighted by atomic mass is 16.3. The molecule has 0 bridgehead atoms. The Morgan fingerprint density at radius 2 is 0.881 bits per heavy atom. The Bertz CT molecular complexity index is 1580. The van der Waals surface area contributed by atoms with Crippen LogP contribution in [0.2, 0.25) is 0 Å². The van der Waals surface area contributed by atoms with Gasteiger partial charge in [-0.15, -0.1) is 0 Å². The Balaban J connectivity index is 1.20. The molecule has 0 radical (unpaired) electrons. The molecular formula is C32H25N5O5. The van der Waals surface area contributed by atoms with Gasteiger partial charge in [-0.2, -0.15) is 10.2 Å². The van der Waals surface area contributed by atoms with Crippen molar-refractivity contribution in [1.29, 1.82) is 0 Å². The van der Waals surface area contributed by atoms with E-state index in [0.29, 0.717) is 33.6 Å². The van der Waals surface area contributed by atoms with Gasteiger partial charge in [-0.25, -0.2) is 0 Å². The predicted molar refractivity (Wildman–Crippen MR) is 155 cm³/mol. The topological polar surface area (TPSA) is 123 Å². The molecule has 0 saturated carbocycles. The minimum absolute atomic E-state index is 0.122. The van der Waals surface area contributed by atoms with Gasteiger partial charge in [0.1, 0.15) is 5.75 Å². The summed E-state index contributed by atoms with van der Waals surface area (Å²) in [7, 11) is 0. The minimum atomic E-state index is -0.346. The average molecular weight is 560 g/mol. The summed E-state index contributed by atoms with van der Waals surface area (Å²) in [6.07, 6.45) is 0. The highest BCUT2D eigenvalue weighted by Crippen LogP contribution is 2.27. The van der Waals surface area contributed by atoms with Gasteiger partial charge >= 0.3 is 0 Å². The summed E-state index contributed by atoms with van der Waals surface area (Å²) in [5, 5.41) is 17.9. The van der Waals surface area contributed by atoms with Gasteiger partial charge in [-0.1, -0.05) is 24.3 Å². The zero-order valence-corrected chi connectivity index (χ0v) is 22.4. The lowest BCUT2D eigenvalue weighted by Gasteiger charge is -2.28. The molecule has 2 heterocycles. The molecule has 0 aromatic heterocycles. The van der Waals surface area contributed by atoms with Crippen molar-refractivity contribution in [3.8, 4) is 5.75 Å².